The molecule has 130 valence electrons. The van der Waals surface area contributed by atoms with Crippen molar-refractivity contribution in [3.05, 3.63) is 23.7 Å². The Hall–Kier alpha value is -2.15. The van der Waals surface area contributed by atoms with Gasteiger partial charge in [-0.3, -0.25) is 0 Å². The summed E-state index contributed by atoms with van der Waals surface area (Å²) in [5.41, 5.74) is 2.27. The molecule has 2 N–H and O–H groups in total. The van der Waals surface area contributed by atoms with Crippen molar-refractivity contribution in [3.8, 4) is 0 Å². The van der Waals surface area contributed by atoms with Gasteiger partial charge in [0.05, 0.1) is 18.3 Å². The SMILES string of the molecule is CCOC(=O)c1cn2ncnc(N[C@H]3CC[C@H](O)CC3)c2c1CC. The van der Waals surface area contributed by atoms with E-state index in [9.17, 15) is 9.90 Å². The maximum absolute atomic E-state index is 12.2. The highest BCUT2D eigenvalue weighted by molar-refractivity contribution is 5.95. The highest BCUT2D eigenvalue weighted by Gasteiger charge is 2.23. The third kappa shape index (κ3) is 3.21. The molecular weight excluding hydrogens is 308 g/mol. The Morgan fingerprint density at radius 3 is 2.79 bits per heavy atom. The van der Waals surface area contributed by atoms with E-state index in [-0.39, 0.29) is 18.1 Å². The first-order chi connectivity index (χ1) is 11.6. The van der Waals surface area contributed by atoms with Gasteiger partial charge in [0.1, 0.15) is 11.8 Å². The van der Waals surface area contributed by atoms with Crippen LogP contribution < -0.4 is 5.32 Å². The molecule has 0 radical (unpaired) electrons. The molecule has 2 aromatic heterocycles. The second-order valence-corrected chi connectivity index (χ2v) is 6.15. The number of aryl methyl sites for hydroxylation is 1. The Morgan fingerprint density at radius 2 is 2.12 bits per heavy atom. The van der Waals surface area contributed by atoms with Crippen LogP contribution >= 0.6 is 0 Å². The van der Waals surface area contributed by atoms with Gasteiger partial charge in [-0.05, 0) is 44.6 Å². The van der Waals surface area contributed by atoms with Crippen molar-refractivity contribution >= 4 is 17.3 Å². The van der Waals surface area contributed by atoms with Gasteiger partial charge >= 0.3 is 5.97 Å². The molecule has 0 atom stereocenters. The maximum Gasteiger partial charge on any atom is 0.340 e. The average molecular weight is 332 g/mol. The van der Waals surface area contributed by atoms with Crippen LogP contribution in [-0.2, 0) is 11.2 Å². The van der Waals surface area contributed by atoms with Crippen molar-refractivity contribution in [1.82, 2.24) is 14.6 Å². The van der Waals surface area contributed by atoms with E-state index in [1.165, 1.54) is 6.33 Å². The van der Waals surface area contributed by atoms with Gasteiger partial charge in [0.2, 0.25) is 0 Å². The highest BCUT2D eigenvalue weighted by atomic mass is 16.5. The first-order valence-corrected chi connectivity index (χ1v) is 8.61. The number of hydrogen-bond donors (Lipinski definition) is 2. The van der Waals surface area contributed by atoms with Crippen molar-refractivity contribution in [2.75, 3.05) is 11.9 Å². The molecule has 2 heterocycles. The van der Waals surface area contributed by atoms with Crippen molar-refractivity contribution in [1.29, 1.82) is 0 Å². The van der Waals surface area contributed by atoms with E-state index in [0.717, 1.165) is 42.6 Å². The Balaban J connectivity index is 1.95. The number of aromatic nitrogens is 3. The minimum atomic E-state index is -0.327. The molecule has 0 unspecified atom stereocenters. The Morgan fingerprint density at radius 1 is 1.38 bits per heavy atom. The van der Waals surface area contributed by atoms with Crippen LogP contribution in [0.3, 0.4) is 0 Å². The third-order valence-corrected chi connectivity index (χ3v) is 4.57. The summed E-state index contributed by atoms with van der Waals surface area (Å²) < 4.78 is 6.85. The molecular formula is C17H24N4O3. The van der Waals surface area contributed by atoms with E-state index >= 15 is 0 Å². The zero-order valence-corrected chi connectivity index (χ0v) is 14.2. The largest absolute Gasteiger partial charge is 0.462 e. The molecule has 0 amide bonds. The minimum absolute atomic E-state index is 0.191. The number of ether oxygens (including phenoxy) is 1. The van der Waals surface area contributed by atoms with E-state index in [1.54, 1.807) is 17.6 Å². The minimum Gasteiger partial charge on any atom is -0.462 e. The van der Waals surface area contributed by atoms with Gasteiger partial charge in [0.15, 0.2) is 5.82 Å². The van der Waals surface area contributed by atoms with Crippen molar-refractivity contribution in [2.45, 2.75) is 58.1 Å². The summed E-state index contributed by atoms with van der Waals surface area (Å²) in [4.78, 5) is 16.6. The van der Waals surface area contributed by atoms with E-state index in [4.69, 9.17) is 4.74 Å². The molecule has 0 spiro atoms. The average Bonchev–Trinajstić information content (AvgIpc) is 2.97. The molecule has 7 nitrogen and oxygen atoms in total. The van der Waals surface area contributed by atoms with Crippen LogP contribution in [0.2, 0.25) is 0 Å². The normalized spacial score (nSPS) is 21.0. The number of aliphatic hydroxyl groups excluding tert-OH is 1. The first-order valence-electron chi connectivity index (χ1n) is 8.61. The molecule has 24 heavy (non-hydrogen) atoms. The monoisotopic (exact) mass is 332 g/mol. The van der Waals surface area contributed by atoms with E-state index < -0.39 is 0 Å². The van der Waals surface area contributed by atoms with Gasteiger partial charge in [-0.2, -0.15) is 5.10 Å². The summed E-state index contributed by atoms with van der Waals surface area (Å²) in [5, 5.41) is 17.4. The fraction of sp³-hybridized carbons (Fsp3) is 0.588. The lowest BCUT2D eigenvalue weighted by Gasteiger charge is -2.26. The van der Waals surface area contributed by atoms with E-state index in [2.05, 4.69) is 15.4 Å². The number of anilines is 1. The highest BCUT2D eigenvalue weighted by Crippen LogP contribution is 2.27. The summed E-state index contributed by atoms with van der Waals surface area (Å²) in [6.07, 6.45) is 7.11. The Labute approximate surface area is 141 Å². The van der Waals surface area contributed by atoms with Crippen molar-refractivity contribution < 1.29 is 14.6 Å². The lowest BCUT2D eigenvalue weighted by atomic mass is 9.93. The molecule has 1 saturated carbocycles. The zero-order valence-electron chi connectivity index (χ0n) is 14.2. The van der Waals surface area contributed by atoms with E-state index in [0.29, 0.717) is 18.6 Å². The lowest BCUT2D eigenvalue weighted by molar-refractivity contribution is 0.0525. The molecule has 0 bridgehead atoms. The lowest BCUT2D eigenvalue weighted by Crippen LogP contribution is -2.28. The van der Waals surface area contributed by atoms with Crippen molar-refractivity contribution in [3.63, 3.8) is 0 Å². The number of carbonyl (C=O) groups is 1. The number of fused-ring (bicyclic) bond motifs is 1. The van der Waals surface area contributed by atoms with Gasteiger partial charge in [0.25, 0.3) is 0 Å². The van der Waals surface area contributed by atoms with E-state index in [1.807, 2.05) is 6.92 Å². The molecule has 2 aromatic rings. The number of nitrogens with zero attached hydrogens (tertiary/aromatic N) is 3. The standard InChI is InChI=1S/C17H24N4O3/c1-3-13-14(17(23)24-4-2)9-21-15(13)16(18-10-19-21)20-11-5-7-12(22)8-6-11/h9-12,22H,3-8H2,1-2H3,(H,18,19,20)/t11-,12-. The fourth-order valence-electron chi connectivity index (χ4n) is 3.34. The topological polar surface area (TPSA) is 88.8 Å². The summed E-state index contributed by atoms with van der Waals surface area (Å²) in [7, 11) is 0. The number of carbonyl (C=O) groups excluding carboxylic acids is 1. The van der Waals surface area contributed by atoms with Gasteiger partial charge in [-0.15, -0.1) is 0 Å². The molecule has 1 aliphatic carbocycles. The maximum atomic E-state index is 12.2. The number of nitrogens with one attached hydrogen (secondary N) is 1. The van der Waals surface area contributed by atoms with Gasteiger partial charge < -0.3 is 15.2 Å². The van der Waals surface area contributed by atoms with Gasteiger partial charge in [-0.1, -0.05) is 6.92 Å². The summed E-state index contributed by atoms with van der Waals surface area (Å²) in [6.45, 7) is 4.14. The Kier molecular flexibility index (Phi) is 4.99. The predicted octanol–water partition coefficient (Wildman–Crippen LogP) is 2.18. The molecule has 1 fully saturated rings. The molecule has 0 saturated heterocycles. The number of hydrogen-bond acceptors (Lipinski definition) is 6. The molecule has 7 heteroatoms. The van der Waals surface area contributed by atoms with Gasteiger partial charge in [0, 0.05) is 12.2 Å². The molecule has 0 aromatic carbocycles. The molecule has 0 aliphatic heterocycles. The second-order valence-electron chi connectivity index (χ2n) is 6.15. The quantitative estimate of drug-likeness (QED) is 0.816. The Bertz CT molecular complexity index is 720. The van der Waals surface area contributed by atoms with Crippen LogP contribution in [0.5, 0.6) is 0 Å². The second kappa shape index (κ2) is 7.17. The number of rotatable bonds is 5. The smallest absolute Gasteiger partial charge is 0.340 e. The van der Waals surface area contributed by atoms with Crippen LogP contribution in [0.25, 0.3) is 5.52 Å². The zero-order chi connectivity index (χ0) is 17.1. The van der Waals surface area contributed by atoms with Crippen molar-refractivity contribution in [2.24, 2.45) is 0 Å². The molecule has 3 rings (SSSR count). The first kappa shape index (κ1) is 16.7. The van der Waals surface area contributed by atoms with Gasteiger partial charge in [-0.25, -0.2) is 14.3 Å². The van der Waals surface area contributed by atoms with Crippen LogP contribution in [0.4, 0.5) is 5.82 Å². The fourth-order valence-corrected chi connectivity index (χ4v) is 3.34. The predicted molar refractivity (Wildman–Crippen MR) is 90.2 cm³/mol. The van der Waals surface area contributed by atoms with Crippen LogP contribution in [0.15, 0.2) is 12.5 Å². The van der Waals surface area contributed by atoms with Crippen LogP contribution in [0, 0.1) is 0 Å². The summed E-state index contributed by atoms with van der Waals surface area (Å²) >= 11 is 0. The third-order valence-electron chi connectivity index (χ3n) is 4.57. The van der Waals surface area contributed by atoms with Crippen LogP contribution in [-0.4, -0.2) is 44.4 Å². The summed E-state index contributed by atoms with van der Waals surface area (Å²) in [5.74, 6) is 0.408. The molecule has 1 aliphatic rings. The number of esters is 1. The number of aliphatic hydroxyl groups is 1. The van der Waals surface area contributed by atoms with Crippen LogP contribution in [0.1, 0.15) is 55.5 Å². The summed E-state index contributed by atoms with van der Waals surface area (Å²) in [6, 6.07) is 0.276.